The third kappa shape index (κ3) is 2.29. The van der Waals surface area contributed by atoms with E-state index in [1.165, 1.54) is 11.1 Å². The molecule has 92 valence electrons. The summed E-state index contributed by atoms with van der Waals surface area (Å²) in [7, 11) is 0. The third-order valence-corrected chi connectivity index (χ3v) is 4.08. The highest BCUT2D eigenvalue weighted by Crippen LogP contribution is 2.53. The number of rotatable bonds is 4. The molecule has 0 saturated heterocycles. The monoisotopic (exact) mass is 230 g/mol. The smallest absolute Gasteiger partial charge is 0.166 e. The molecule has 0 spiro atoms. The van der Waals surface area contributed by atoms with E-state index in [4.69, 9.17) is 0 Å². The molecule has 0 heterocycles. The second-order valence-electron chi connectivity index (χ2n) is 5.80. The molecule has 2 rings (SSSR count). The van der Waals surface area contributed by atoms with Gasteiger partial charge in [0.1, 0.15) is 0 Å². The topological polar surface area (TPSA) is 17.1 Å². The van der Waals surface area contributed by atoms with E-state index in [0.717, 1.165) is 24.8 Å². The van der Waals surface area contributed by atoms with Crippen molar-refractivity contribution in [1.29, 1.82) is 0 Å². The summed E-state index contributed by atoms with van der Waals surface area (Å²) < 4.78 is 0. The maximum atomic E-state index is 12.3. The van der Waals surface area contributed by atoms with Crippen LogP contribution in [-0.4, -0.2) is 5.78 Å². The van der Waals surface area contributed by atoms with Crippen LogP contribution in [0.25, 0.3) is 0 Å². The molecule has 1 nitrogen and oxygen atoms in total. The Kier molecular flexibility index (Phi) is 3.11. The lowest BCUT2D eigenvalue weighted by atomic mass is 9.95. The van der Waals surface area contributed by atoms with Crippen LogP contribution in [0.5, 0.6) is 0 Å². The lowest BCUT2D eigenvalue weighted by Gasteiger charge is -2.09. The first-order valence-electron chi connectivity index (χ1n) is 6.65. The Morgan fingerprint density at radius 2 is 1.82 bits per heavy atom. The summed E-state index contributed by atoms with van der Waals surface area (Å²) >= 11 is 0. The lowest BCUT2D eigenvalue weighted by Crippen LogP contribution is -2.07. The summed E-state index contributed by atoms with van der Waals surface area (Å²) in [6, 6.07) is 6.24. The first kappa shape index (κ1) is 12.3. The maximum absolute atomic E-state index is 12.3. The van der Waals surface area contributed by atoms with Crippen LogP contribution in [-0.2, 0) is 12.8 Å². The second-order valence-corrected chi connectivity index (χ2v) is 5.80. The summed E-state index contributed by atoms with van der Waals surface area (Å²) in [5.74, 6) is 0.590. The van der Waals surface area contributed by atoms with Crippen LogP contribution in [0.3, 0.4) is 0 Å². The molecule has 1 aliphatic rings. The van der Waals surface area contributed by atoms with Crippen LogP contribution in [0, 0.1) is 11.3 Å². The summed E-state index contributed by atoms with van der Waals surface area (Å²) in [6.07, 6.45) is 3.10. The van der Waals surface area contributed by atoms with Crippen LogP contribution >= 0.6 is 0 Å². The Hall–Kier alpha value is -1.11. The van der Waals surface area contributed by atoms with Crippen LogP contribution in [0.1, 0.15) is 55.6 Å². The number of benzene rings is 1. The minimum absolute atomic E-state index is 0.229. The van der Waals surface area contributed by atoms with Crippen molar-refractivity contribution in [2.24, 2.45) is 11.3 Å². The normalized spacial score (nSPS) is 21.3. The molecule has 0 aromatic heterocycles. The van der Waals surface area contributed by atoms with Gasteiger partial charge in [0.25, 0.3) is 0 Å². The third-order valence-electron chi connectivity index (χ3n) is 4.08. The van der Waals surface area contributed by atoms with Crippen LogP contribution in [0.4, 0.5) is 0 Å². The number of hydrogen-bond donors (Lipinski definition) is 0. The largest absolute Gasteiger partial charge is 0.294 e. The van der Waals surface area contributed by atoms with Gasteiger partial charge in [-0.05, 0) is 41.9 Å². The fourth-order valence-corrected chi connectivity index (χ4v) is 2.57. The van der Waals surface area contributed by atoms with Crippen LogP contribution < -0.4 is 0 Å². The van der Waals surface area contributed by atoms with Gasteiger partial charge in [-0.2, -0.15) is 0 Å². The Balaban J connectivity index is 2.25. The molecule has 0 amide bonds. The molecule has 0 N–H and O–H groups in total. The summed E-state index contributed by atoms with van der Waals surface area (Å²) in [5.41, 5.74) is 3.85. The summed E-state index contributed by atoms with van der Waals surface area (Å²) in [4.78, 5) is 12.3. The quantitative estimate of drug-likeness (QED) is 0.713. The first-order chi connectivity index (χ1) is 7.99. The van der Waals surface area contributed by atoms with Gasteiger partial charge in [-0.3, -0.25) is 4.79 Å². The van der Waals surface area contributed by atoms with E-state index in [9.17, 15) is 4.79 Å². The Bertz CT molecular complexity index is 443. The SMILES string of the molecule is CCc1ccc(C(=O)C2CC2(C)C)cc1CC. The van der Waals surface area contributed by atoms with Crippen molar-refractivity contribution >= 4 is 5.78 Å². The van der Waals surface area contributed by atoms with Crippen molar-refractivity contribution in [1.82, 2.24) is 0 Å². The van der Waals surface area contributed by atoms with E-state index in [1.54, 1.807) is 0 Å². The molecule has 1 aliphatic carbocycles. The Morgan fingerprint density at radius 3 is 2.29 bits per heavy atom. The molecule has 1 heteroatoms. The minimum atomic E-state index is 0.229. The highest BCUT2D eigenvalue weighted by Gasteiger charge is 2.50. The average Bonchev–Trinajstić information content (AvgIpc) is 2.96. The van der Waals surface area contributed by atoms with Gasteiger partial charge >= 0.3 is 0 Å². The Labute approximate surface area is 104 Å². The van der Waals surface area contributed by atoms with E-state index in [1.807, 2.05) is 6.07 Å². The molecule has 0 bridgehead atoms. The zero-order valence-corrected chi connectivity index (χ0v) is 11.3. The van der Waals surface area contributed by atoms with Gasteiger partial charge in [0, 0.05) is 11.5 Å². The van der Waals surface area contributed by atoms with Crippen molar-refractivity contribution in [2.45, 2.75) is 47.0 Å². The molecule has 0 aliphatic heterocycles. The number of ketones is 1. The van der Waals surface area contributed by atoms with Gasteiger partial charge in [-0.25, -0.2) is 0 Å². The fourth-order valence-electron chi connectivity index (χ4n) is 2.57. The fraction of sp³-hybridized carbons (Fsp3) is 0.562. The molecular formula is C16H22O. The molecule has 1 saturated carbocycles. The van der Waals surface area contributed by atoms with Crippen LogP contribution in [0.15, 0.2) is 18.2 Å². The van der Waals surface area contributed by atoms with Crippen molar-refractivity contribution in [2.75, 3.05) is 0 Å². The summed E-state index contributed by atoms with van der Waals surface area (Å²) in [5, 5.41) is 0. The van der Waals surface area contributed by atoms with E-state index >= 15 is 0 Å². The molecule has 1 fully saturated rings. The molecule has 17 heavy (non-hydrogen) atoms. The molecule has 1 aromatic rings. The predicted octanol–water partition coefficient (Wildman–Crippen LogP) is 4.04. The molecule has 1 unspecified atom stereocenters. The van der Waals surface area contributed by atoms with E-state index < -0.39 is 0 Å². The highest BCUT2D eigenvalue weighted by molar-refractivity contribution is 6.00. The second kappa shape index (κ2) is 4.29. The summed E-state index contributed by atoms with van der Waals surface area (Å²) in [6.45, 7) is 8.68. The van der Waals surface area contributed by atoms with Gasteiger partial charge in [0.05, 0.1) is 0 Å². The minimum Gasteiger partial charge on any atom is -0.294 e. The maximum Gasteiger partial charge on any atom is 0.166 e. The molecular weight excluding hydrogens is 208 g/mol. The first-order valence-corrected chi connectivity index (χ1v) is 6.65. The zero-order chi connectivity index (χ0) is 12.6. The van der Waals surface area contributed by atoms with Gasteiger partial charge in [-0.15, -0.1) is 0 Å². The van der Waals surface area contributed by atoms with Gasteiger partial charge in [-0.1, -0.05) is 39.8 Å². The zero-order valence-electron chi connectivity index (χ0n) is 11.3. The standard InChI is InChI=1S/C16H22O/c1-5-11-7-8-13(9-12(11)6-2)15(17)14-10-16(14,3)4/h7-9,14H,5-6,10H2,1-4H3. The molecule has 1 atom stereocenters. The number of carbonyl (C=O) groups excluding carboxylic acids is 1. The molecule has 0 radical (unpaired) electrons. The lowest BCUT2D eigenvalue weighted by molar-refractivity contribution is 0.0953. The van der Waals surface area contributed by atoms with E-state index in [-0.39, 0.29) is 11.3 Å². The van der Waals surface area contributed by atoms with Crippen molar-refractivity contribution < 1.29 is 4.79 Å². The van der Waals surface area contributed by atoms with E-state index in [0.29, 0.717) is 5.78 Å². The number of hydrogen-bond acceptors (Lipinski definition) is 1. The van der Waals surface area contributed by atoms with Crippen molar-refractivity contribution in [3.05, 3.63) is 34.9 Å². The van der Waals surface area contributed by atoms with Gasteiger partial charge in [0.15, 0.2) is 5.78 Å². The van der Waals surface area contributed by atoms with E-state index in [2.05, 4.69) is 39.8 Å². The van der Waals surface area contributed by atoms with Gasteiger partial charge in [0.2, 0.25) is 0 Å². The number of aryl methyl sites for hydroxylation is 2. The highest BCUT2D eigenvalue weighted by atomic mass is 16.1. The average molecular weight is 230 g/mol. The molecule has 1 aromatic carbocycles. The van der Waals surface area contributed by atoms with Crippen molar-refractivity contribution in [3.63, 3.8) is 0 Å². The number of carbonyl (C=O) groups is 1. The number of Topliss-reactive ketones (excluding diaryl/α,β-unsaturated/α-hetero) is 1. The van der Waals surface area contributed by atoms with Crippen molar-refractivity contribution in [3.8, 4) is 0 Å². The van der Waals surface area contributed by atoms with Crippen LogP contribution in [0.2, 0.25) is 0 Å². The predicted molar refractivity (Wildman–Crippen MR) is 71.4 cm³/mol. The Morgan fingerprint density at radius 1 is 1.24 bits per heavy atom. The van der Waals surface area contributed by atoms with Gasteiger partial charge < -0.3 is 0 Å².